The minimum Gasteiger partial charge on any atom is -0.469 e. The number of urea groups is 1. The van der Waals surface area contributed by atoms with E-state index in [2.05, 4.69) is 15.3 Å². The summed E-state index contributed by atoms with van der Waals surface area (Å²) in [6, 6.07) is 16.9. The first kappa shape index (κ1) is 30.5. The largest absolute Gasteiger partial charge is 0.469 e. The zero-order valence-electron chi connectivity index (χ0n) is 23.7. The van der Waals surface area contributed by atoms with Crippen molar-refractivity contribution in [1.82, 2.24) is 20.1 Å². The maximum absolute atomic E-state index is 13.0. The fraction of sp³-hybridized carbons (Fsp3) is 0.267. The summed E-state index contributed by atoms with van der Waals surface area (Å²) in [6.45, 7) is 5.33. The molecule has 11 nitrogen and oxygen atoms in total. The van der Waals surface area contributed by atoms with Gasteiger partial charge in [-0.2, -0.15) is 0 Å². The van der Waals surface area contributed by atoms with Crippen molar-refractivity contribution in [3.8, 4) is 11.6 Å². The molecule has 1 heterocycles. The van der Waals surface area contributed by atoms with Crippen LogP contribution in [0.2, 0.25) is 0 Å². The maximum Gasteiger partial charge on any atom is 0.323 e. The average molecular weight is 560 g/mol. The minimum absolute atomic E-state index is 0.00157. The molecule has 0 bridgehead atoms. The Labute approximate surface area is 238 Å². The molecule has 214 valence electrons. The molecular weight excluding hydrogens is 526 g/mol. The van der Waals surface area contributed by atoms with Gasteiger partial charge in [0.15, 0.2) is 5.78 Å². The predicted octanol–water partition coefficient (Wildman–Crippen LogP) is 4.48. The molecule has 0 spiro atoms. The Bertz CT molecular complexity index is 1390. The molecule has 0 aliphatic heterocycles. The van der Waals surface area contributed by atoms with Crippen LogP contribution in [0.25, 0.3) is 0 Å². The number of esters is 1. The number of hydrogen-bond donors (Lipinski definition) is 1. The Balaban J connectivity index is 1.83. The summed E-state index contributed by atoms with van der Waals surface area (Å²) < 4.78 is 10.5. The van der Waals surface area contributed by atoms with Crippen molar-refractivity contribution in [2.24, 2.45) is 10.9 Å². The van der Waals surface area contributed by atoms with Gasteiger partial charge in [0.25, 0.3) is 0 Å². The number of aryl methyl sites for hydroxylation is 1. The van der Waals surface area contributed by atoms with Gasteiger partial charge in [-0.05, 0) is 49.7 Å². The van der Waals surface area contributed by atoms with Crippen molar-refractivity contribution < 1.29 is 28.7 Å². The number of carbonyl (C=O) groups is 4. The van der Waals surface area contributed by atoms with Crippen LogP contribution >= 0.6 is 0 Å². The van der Waals surface area contributed by atoms with Gasteiger partial charge in [-0.25, -0.2) is 14.8 Å². The summed E-state index contributed by atoms with van der Waals surface area (Å²) in [5, 5.41) is 2.69. The van der Waals surface area contributed by atoms with Crippen LogP contribution in [0.1, 0.15) is 35.3 Å². The third-order valence-electron chi connectivity index (χ3n) is 6.03. The third-order valence-corrected chi connectivity index (χ3v) is 6.03. The monoisotopic (exact) mass is 559 g/mol. The smallest absolute Gasteiger partial charge is 0.323 e. The van der Waals surface area contributed by atoms with Crippen LogP contribution < -0.4 is 10.1 Å². The Morgan fingerprint density at radius 1 is 1.05 bits per heavy atom. The molecule has 0 unspecified atom stereocenters. The Morgan fingerprint density at radius 2 is 1.73 bits per heavy atom. The van der Waals surface area contributed by atoms with Gasteiger partial charge in [0.2, 0.25) is 18.2 Å². The molecule has 0 fully saturated rings. The number of methoxy groups -OCH3 is 1. The van der Waals surface area contributed by atoms with E-state index in [0.717, 1.165) is 11.1 Å². The highest BCUT2D eigenvalue weighted by Crippen LogP contribution is 2.23. The van der Waals surface area contributed by atoms with Crippen LogP contribution in [0.4, 0.5) is 10.5 Å². The zero-order valence-corrected chi connectivity index (χ0v) is 23.7. The second kappa shape index (κ2) is 14.4. The molecule has 0 saturated carbocycles. The molecule has 2 aromatic carbocycles. The first-order chi connectivity index (χ1) is 19.6. The van der Waals surface area contributed by atoms with Gasteiger partial charge in [0.1, 0.15) is 5.75 Å². The molecule has 3 aromatic rings. The zero-order chi connectivity index (χ0) is 29.9. The second-order valence-electron chi connectivity index (χ2n) is 9.43. The number of rotatable bonds is 10. The van der Waals surface area contributed by atoms with Gasteiger partial charge < -0.3 is 14.4 Å². The molecular formula is C30H33N5O6. The van der Waals surface area contributed by atoms with E-state index in [4.69, 9.17) is 9.47 Å². The lowest BCUT2D eigenvalue weighted by Crippen LogP contribution is -2.49. The molecule has 1 N–H and O–H groups in total. The summed E-state index contributed by atoms with van der Waals surface area (Å²) >= 11 is 0. The van der Waals surface area contributed by atoms with Gasteiger partial charge >= 0.3 is 12.0 Å². The lowest BCUT2D eigenvalue weighted by molar-refractivity contribution is -0.145. The molecule has 41 heavy (non-hydrogen) atoms. The maximum atomic E-state index is 13.0. The van der Waals surface area contributed by atoms with Crippen LogP contribution in [0.3, 0.4) is 0 Å². The Hall–Kier alpha value is -5.06. The van der Waals surface area contributed by atoms with Crippen molar-refractivity contribution in [1.29, 1.82) is 0 Å². The quantitative estimate of drug-likeness (QED) is 0.127. The summed E-state index contributed by atoms with van der Waals surface area (Å²) in [5.41, 5.74) is 2.83. The van der Waals surface area contributed by atoms with E-state index in [1.807, 2.05) is 31.2 Å². The number of pyridine rings is 1. The Morgan fingerprint density at radius 3 is 2.29 bits per heavy atom. The number of amides is 3. The van der Waals surface area contributed by atoms with Crippen molar-refractivity contribution in [3.05, 3.63) is 83.6 Å². The second-order valence-corrected chi connectivity index (χ2v) is 9.43. The van der Waals surface area contributed by atoms with Gasteiger partial charge in [-0.1, -0.05) is 36.8 Å². The third kappa shape index (κ3) is 8.99. The summed E-state index contributed by atoms with van der Waals surface area (Å²) in [5.74, 6) is -0.302. The minimum atomic E-state index is -0.560. The first-order valence-corrected chi connectivity index (χ1v) is 12.8. The van der Waals surface area contributed by atoms with Crippen LogP contribution in [-0.4, -0.2) is 65.6 Å². The van der Waals surface area contributed by atoms with Gasteiger partial charge in [-0.3, -0.25) is 24.6 Å². The van der Waals surface area contributed by atoms with E-state index in [0.29, 0.717) is 29.3 Å². The summed E-state index contributed by atoms with van der Waals surface area (Å²) in [6.07, 6.45) is 2.03. The highest BCUT2D eigenvalue weighted by Gasteiger charge is 2.22. The van der Waals surface area contributed by atoms with E-state index in [9.17, 15) is 19.2 Å². The number of hydrogen-bond acceptors (Lipinski definition) is 8. The number of ether oxygens (including phenoxy) is 2. The molecule has 1 aromatic heterocycles. The standard InChI is InChI=1S/C30H33N5O6/c1-20-6-8-23(9-7-20)18-35(19-36)29(33-30(39)34(4)17-21(2)28(38)40-5)32-25-11-13-26(14-12-25)41-27-15-10-24(16-31-27)22(3)37/h6-16,19,21H,17-18H2,1-5H3,(H,32,33,39)/t21-/m0/s1. The predicted molar refractivity (Wildman–Crippen MR) is 153 cm³/mol. The van der Waals surface area contributed by atoms with Crippen LogP contribution in [0, 0.1) is 12.8 Å². The molecule has 0 aliphatic carbocycles. The van der Waals surface area contributed by atoms with E-state index < -0.39 is 17.9 Å². The lowest BCUT2D eigenvalue weighted by Gasteiger charge is -2.25. The van der Waals surface area contributed by atoms with Crippen molar-refractivity contribution in [3.63, 3.8) is 0 Å². The molecule has 0 radical (unpaired) electrons. The highest BCUT2D eigenvalue weighted by molar-refractivity contribution is 6.01. The van der Waals surface area contributed by atoms with E-state index in [1.54, 1.807) is 43.3 Å². The topological polar surface area (TPSA) is 130 Å². The van der Waals surface area contributed by atoms with Crippen molar-refractivity contribution in [2.45, 2.75) is 27.3 Å². The van der Waals surface area contributed by atoms with E-state index in [-0.39, 0.29) is 24.8 Å². The van der Waals surface area contributed by atoms with Gasteiger partial charge in [0.05, 0.1) is 25.3 Å². The molecule has 0 saturated heterocycles. The first-order valence-electron chi connectivity index (χ1n) is 12.8. The van der Waals surface area contributed by atoms with Crippen molar-refractivity contribution in [2.75, 3.05) is 20.7 Å². The van der Waals surface area contributed by atoms with Crippen LogP contribution in [0.15, 0.2) is 71.9 Å². The number of aromatic nitrogens is 1. The van der Waals surface area contributed by atoms with E-state index >= 15 is 0 Å². The number of Topliss-reactive ketones (excluding diaryl/α,β-unsaturated/α-hetero) is 1. The molecule has 3 amide bonds. The van der Waals surface area contributed by atoms with Crippen molar-refractivity contribution >= 4 is 35.8 Å². The SMILES string of the molecule is COC(=O)[C@@H](C)CN(C)C(=O)NC(=Nc1ccc(Oc2ccc(C(C)=O)cn2)cc1)N(C=O)Cc1ccc(C)cc1. The van der Waals surface area contributed by atoms with Gasteiger partial charge in [-0.15, -0.1) is 0 Å². The fourth-order valence-corrected chi connectivity index (χ4v) is 3.66. The molecule has 0 aliphatic rings. The van der Waals surface area contributed by atoms with Crippen LogP contribution in [-0.2, 0) is 20.9 Å². The Kier molecular flexibility index (Phi) is 10.7. The summed E-state index contributed by atoms with van der Waals surface area (Å²) in [4.78, 5) is 59.7. The number of nitrogens with one attached hydrogen (secondary N) is 1. The number of guanidine groups is 1. The van der Waals surface area contributed by atoms with Gasteiger partial charge in [0, 0.05) is 31.4 Å². The number of aliphatic imine (C=N–C) groups is 1. The number of benzene rings is 2. The molecule has 11 heteroatoms. The van der Waals surface area contributed by atoms with Crippen LogP contribution in [0.5, 0.6) is 11.6 Å². The number of nitrogens with zero attached hydrogens (tertiary/aromatic N) is 4. The summed E-state index contributed by atoms with van der Waals surface area (Å²) in [7, 11) is 2.81. The normalized spacial score (nSPS) is 11.7. The number of ketones is 1. The molecule has 3 rings (SSSR count). The highest BCUT2D eigenvalue weighted by atomic mass is 16.5. The number of carbonyl (C=O) groups excluding carboxylic acids is 4. The fourth-order valence-electron chi connectivity index (χ4n) is 3.66. The lowest BCUT2D eigenvalue weighted by atomic mass is 10.1. The van der Waals surface area contributed by atoms with E-state index in [1.165, 1.54) is 37.1 Å². The average Bonchev–Trinajstić information content (AvgIpc) is 2.97. The molecule has 1 atom stereocenters.